The highest BCUT2D eigenvalue weighted by Crippen LogP contribution is 2.33. The van der Waals surface area contributed by atoms with Crippen molar-refractivity contribution < 1.29 is 23.0 Å². The number of halogens is 3. The van der Waals surface area contributed by atoms with Crippen molar-refractivity contribution >= 4 is 10.8 Å². The standard InChI is InChI=1S/C11H7F3O2/c12-11(13,14)16-10-6-8(15)5-7-3-1-2-4-9(7)10/h1-6,15H. The second-order valence-electron chi connectivity index (χ2n) is 3.21. The normalized spacial score (nSPS) is 11.7. The Balaban J connectivity index is 2.59. The maximum atomic E-state index is 12.1. The van der Waals surface area contributed by atoms with Crippen molar-refractivity contribution in [2.24, 2.45) is 0 Å². The average molecular weight is 228 g/mol. The van der Waals surface area contributed by atoms with Crippen LogP contribution in [0.25, 0.3) is 10.8 Å². The van der Waals surface area contributed by atoms with Gasteiger partial charge in [-0.1, -0.05) is 24.3 Å². The monoisotopic (exact) mass is 228 g/mol. The van der Waals surface area contributed by atoms with E-state index in [4.69, 9.17) is 0 Å². The number of fused-ring (bicyclic) bond motifs is 1. The molecular weight excluding hydrogens is 221 g/mol. The molecule has 0 heterocycles. The minimum atomic E-state index is -4.77. The molecule has 2 nitrogen and oxygen atoms in total. The molecule has 2 aromatic rings. The molecule has 84 valence electrons. The lowest BCUT2D eigenvalue weighted by molar-refractivity contribution is -0.274. The van der Waals surface area contributed by atoms with Crippen LogP contribution >= 0.6 is 0 Å². The first-order chi connectivity index (χ1) is 7.46. The van der Waals surface area contributed by atoms with Gasteiger partial charge in [-0.15, -0.1) is 13.2 Å². The van der Waals surface area contributed by atoms with Crippen LogP contribution in [0.3, 0.4) is 0 Å². The molecule has 16 heavy (non-hydrogen) atoms. The molecule has 0 aliphatic heterocycles. The number of phenolic OH excluding ortho intramolecular Hbond substituents is 1. The molecular formula is C11H7F3O2. The fraction of sp³-hybridized carbons (Fsp3) is 0.0909. The lowest BCUT2D eigenvalue weighted by Crippen LogP contribution is -2.17. The zero-order valence-electron chi connectivity index (χ0n) is 7.95. The number of rotatable bonds is 1. The predicted molar refractivity (Wildman–Crippen MR) is 52.3 cm³/mol. The number of alkyl halides is 3. The van der Waals surface area contributed by atoms with Gasteiger partial charge in [0.1, 0.15) is 11.5 Å². The first kappa shape index (κ1) is 10.6. The van der Waals surface area contributed by atoms with E-state index in [1.54, 1.807) is 18.2 Å². The average Bonchev–Trinajstić information content (AvgIpc) is 2.14. The summed E-state index contributed by atoms with van der Waals surface area (Å²) in [4.78, 5) is 0. The lowest BCUT2D eigenvalue weighted by atomic mass is 10.1. The Morgan fingerprint density at radius 3 is 2.44 bits per heavy atom. The van der Waals surface area contributed by atoms with E-state index in [1.165, 1.54) is 12.1 Å². The van der Waals surface area contributed by atoms with Crippen LogP contribution in [0.15, 0.2) is 36.4 Å². The molecule has 0 aliphatic rings. The molecule has 0 unspecified atom stereocenters. The number of benzene rings is 2. The van der Waals surface area contributed by atoms with E-state index in [9.17, 15) is 18.3 Å². The number of hydrogen-bond donors (Lipinski definition) is 1. The molecule has 2 aromatic carbocycles. The quantitative estimate of drug-likeness (QED) is 0.810. The summed E-state index contributed by atoms with van der Waals surface area (Å²) in [5.74, 6) is -0.666. The Morgan fingerprint density at radius 2 is 1.75 bits per heavy atom. The SMILES string of the molecule is Oc1cc(OC(F)(F)F)c2ccccc2c1. The number of ether oxygens (including phenoxy) is 1. The first-order valence-corrected chi connectivity index (χ1v) is 4.43. The fourth-order valence-corrected chi connectivity index (χ4v) is 1.47. The van der Waals surface area contributed by atoms with Gasteiger partial charge in [0.15, 0.2) is 0 Å². The van der Waals surface area contributed by atoms with Crippen molar-refractivity contribution in [2.45, 2.75) is 6.36 Å². The molecule has 0 saturated heterocycles. The van der Waals surface area contributed by atoms with Crippen LogP contribution in [-0.4, -0.2) is 11.5 Å². The zero-order valence-corrected chi connectivity index (χ0v) is 7.95. The highest BCUT2D eigenvalue weighted by molar-refractivity contribution is 5.89. The van der Waals surface area contributed by atoms with E-state index < -0.39 is 12.1 Å². The van der Waals surface area contributed by atoms with Crippen molar-refractivity contribution in [3.63, 3.8) is 0 Å². The molecule has 1 N–H and O–H groups in total. The third-order valence-corrected chi connectivity index (χ3v) is 2.03. The second kappa shape index (κ2) is 3.59. The summed E-state index contributed by atoms with van der Waals surface area (Å²) in [6, 6.07) is 8.67. The molecule has 0 aromatic heterocycles. The molecule has 0 spiro atoms. The fourth-order valence-electron chi connectivity index (χ4n) is 1.47. The highest BCUT2D eigenvalue weighted by Gasteiger charge is 2.31. The van der Waals surface area contributed by atoms with E-state index >= 15 is 0 Å². The van der Waals surface area contributed by atoms with Gasteiger partial charge < -0.3 is 9.84 Å². The van der Waals surface area contributed by atoms with Crippen molar-refractivity contribution in [3.8, 4) is 11.5 Å². The van der Waals surface area contributed by atoms with Crippen LogP contribution in [0.2, 0.25) is 0 Å². The van der Waals surface area contributed by atoms with Crippen molar-refractivity contribution in [3.05, 3.63) is 36.4 Å². The van der Waals surface area contributed by atoms with Gasteiger partial charge in [0, 0.05) is 11.5 Å². The highest BCUT2D eigenvalue weighted by atomic mass is 19.4. The Kier molecular flexibility index (Phi) is 2.38. The molecule has 0 aliphatic carbocycles. The van der Waals surface area contributed by atoms with Gasteiger partial charge >= 0.3 is 6.36 Å². The molecule has 0 amide bonds. The van der Waals surface area contributed by atoms with Gasteiger partial charge in [-0.25, -0.2) is 0 Å². The Hall–Kier alpha value is -1.91. The summed E-state index contributed by atoms with van der Waals surface area (Å²) in [7, 11) is 0. The third kappa shape index (κ3) is 2.18. The molecule has 0 radical (unpaired) electrons. The molecule has 0 saturated carbocycles. The zero-order chi connectivity index (χ0) is 11.8. The summed E-state index contributed by atoms with van der Waals surface area (Å²) in [6.45, 7) is 0. The van der Waals surface area contributed by atoms with Crippen LogP contribution in [0, 0.1) is 0 Å². The van der Waals surface area contributed by atoms with E-state index in [-0.39, 0.29) is 5.75 Å². The van der Waals surface area contributed by atoms with E-state index in [0.717, 1.165) is 6.07 Å². The van der Waals surface area contributed by atoms with Gasteiger partial charge in [0.2, 0.25) is 0 Å². The largest absolute Gasteiger partial charge is 0.573 e. The van der Waals surface area contributed by atoms with E-state index in [1.807, 2.05) is 0 Å². The molecule has 0 fully saturated rings. The Labute approximate surface area is 88.9 Å². The number of aromatic hydroxyl groups is 1. The van der Waals surface area contributed by atoms with Crippen molar-refractivity contribution in [2.75, 3.05) is 0 Å². The van der Waals surface area contributed by atoms with Gasteiger partial charge in [-0.05, 0) is 11.5 Å². The van der Waals surface area contributed by atoms with Crippen LogP contribution in [0.4, 0.5) is 13.2 Å². The molecule has 5 heteroatoms. The van der Waals surface area contributed by atoms with Gasteiger partial charge in [-0.3, -0.25) is 0 Å². The van der Waals surface area contributed by atoms with E-state index in [0.29, 0.717) is 10.8 Å². The first-order valence-electron chi connectivity index (χ1n) is 4.43. The summed E-state index contributed by atoms with van der Waals surface area (Å²) in [5, 5.41) is 10.1. The molecule has 2 rings (SSSR count). The maximum Gasteiger partial charge on any atom is 0.573 e. The van der Waals surface area contributed by atoms with Crippen LogP contribution in [0.1, 0.15) is 0 Å². The molecule has 0 bridgehead atoms. The Morgan fingerprint density at radius 1 is 1.06 bits per heavy atom. The van der Waals surface area contributed by atoms with Gasteiger partial charge in [-0.2, -0.15) is 0 Å². The topological polar surface area (TPSA) is 29.5 Å². The summed E-state index contributed by atoms with van der Waals surface area (Å²) < 4.78 is 40.1. The summed E-state index contributed by atoms with van der Waals surface area (Å²) in [6.07, 6.45) is -4.77. The molecule has 0 atom stereocenters. The van der Waals surface area contributed by atoms with Crippen LogP contribution < -0.4 is 4.74 Å². The Bertz CT molecular complexity index is 520. The summed E-state index contributed by atoms with van der Waals surface area (Å²) in [5.41, 5.74) is 0. The summed E-state index contributed by atoms with van der Waals surface area (Å²) >= 11 is 0. The van der Waals surface area contributed by atoms with Gasteiger partial charge in [0.25, 0.3) is 0 Å². The van der Waals surface area contributed by atoms with Gasteiger partial charge in [0.05, 0.1) is 0 Å². The predicted octanol–water partition coefficient (Wildman–Crippen LogP) is 3.44. The second-order valence-corrected chi connectivity index (χ2v) is 3.21. The van der Waals surface area contributed by atoms with Crippen LogP contribution in [-0.2, 0) is 0 Å². The van der Waals surface area contributed by atoms with E-state index in [2.05, 4.69) is 4.74 Å². The minimum Gasteiger partial charge on any atom is -0.508 e. The third-order valence-electron chi connectivity index (χ3n) is 2.03. The van der Waals surface area contributed by atoms with Crippen molar-refractivity contribution in [1.29, 1.82) is 0 Å². The lowest BCUT2D eigenvalue weighted by Gasteiger charge is -2.11. The van der Waals surface area contributed by atoms with Crippen LogP contribution in [0.5, 0.6) is 11.5 Å². The number of phenols is 1. The smallest absolute Gasteiger partial charge is 0.508 e. The maximum absolute atomic E-state index is 12.1. The number of hydrogen-bond acceptors (Lipinski definition) is 2. The van der Waals surface area contributed by atoms with Crippen molar-refractivity contribution in [1.82, 2.24) is 0 Å². The minimum absolute atomic E-state index is 0.266.